The molecule has 4 nitrogen and oxygen atoms in total. The van der Waals surface area contributed by atoms with Crippen LogP contribution in [0, 0.1) is 17.8 Å². The van der Waals surface area contributed by atoms with Crippen molar-refractivity contribution in [1.29, 1.82) is 0 Å². The molecule has 0 aromatic carbocycles. The van der Waals surface area contributed by atoms with Crippen molar-refractivity contribution in [2.75, 3.05) is 17.7 Å². The number of rotatable bonds is 4. The minimum Gasteiger partial charge on any atom is -0.353 e. The number of hydrogen-bond donors (Lipinski definition) is 0. The minimum absolute atomic E-state index is 0.281. The lowest BCUT2D eigenvalue weighted by Gasteiger charge is -2.53. The Labute approximate surface area is 122 Å². The molecule has 0 spiro atoms. The molecule has 112 valence electrons. The van der Waals surface area contributed by atoms with E-state index in [1.165, 1.54) is 12.5 Å². The van der Waals surface area contributed by atoms with E-state index in [0.717, 1.165) is 12.4 Å². The Morgan fingerprint density at radius 2 is 1.85 bits per heavy atom. The summed E-state index contributed by atoms with van der Waals surface area (Å²) in [5.41, 5.74) is 0. The molecule has 1 aliphatic rings. The molecule has 1 saturated heterocycles. The van der Waals surface area contributed by atoms with Crippen molar-refractivity contribution in [3.8, 4) is 0 Å². The highest BCUT2D eigenvalue weighted by Gasteiger charge is 2.42. The van der Waals surface area contributed by atoms with Crippen molar-refractivity contribution < 1.29 is 8.42 Å². The van der Waals surface area contributed by atoms with Gasteiger partial charge in [0.1, 0.15) is 5.82 Å². The van der Waals surface area contributed by atoms with E-state index in [-0.39, 0.29) is 4.90 Å². The van der Waals surface area contributed by atoms with Crippen molar-refractivity contribution >= 4 is 15.7 Å². The van der Waals surface area contributed by atoms with Crippen molar-refractivity contribution in [3.63, 3.8) is 0 Å². The van der Waals surface area contributed by atoms with E-state index in [2.05, 4.69) is 37.6 Å². The van der Waals surface area contributed by atoms with E-state index in [1.54, 1.807) is 6.07 Å². The van der Waals surface area contributed by atoms with Gasteiger partial charge in [-0.15, -0.1) is 0 Å². The molecular weight excluding hydrogens is 272 g/mol. The van der Waals surface area contributed by atoms with Gasteiger partial charge in [-0.05, 0) is 29.9 Å². The van der Waals surface area contributed by atoms with Crippen molar-refractivity contribution in [1.82, 2.24) is 4.98 Å². The molecule has 1 aromatic rings. The molecule has 2 rings (SSSR count). The summed E-state index contributed by atoms with van der Waals surface area (Å²) in [6.07, 6.45) is 2.67. The first-order valence-corrected chi connectivity index (χ1v) is 9.03. The van der Waals surface area contributed by atoms with Crippen LogP contribution in [0.5, 0.6) is 0 Å². The highest BCUT2D eigenvalue weighted by molar-refractivity contribution is 7.90. The van der Waals surface area contributed by atoms with Crippen molar-refractivity contribution in [2.24, 2.45) is 17.8 Å². The molecule has 1 fully saturated rings. The number of pyridine rings is 1. The number of aromatic nitrogens is 1. The van der Waals surface area contributed by atoms with Gasteiger partial charge in [0, 0.05) is 25.0 Å². The number of anilines is 1. The predicted molar refractivity (Wildman–Crippen MR) is 81.6 cm³/mol. The summed E-state index contributed by atoms with van der Waals surface area (Å²) < 4.78 is 22.9. The fraction of sp³-hybridized carbons (Fsp3) is 0.667. The topological polar surface area (TPSA) is 50.3 Å². The van der Waals surface area contributed by atoms with Crippen LogP contribution in [0.15, 0.2) is 23.2 Å². The standard InChI is InChI=1S/C15H24N2O2S/c1-10(2)13-9-17(15(13)11(3)4)14-7-6-12(8-16-14)20(5,18)19/h6-8,10-11,13,15H,9H2,1-5H3/t13-,15-/m0/s1. The maximum Gasteiger partial charge on any atom is 0.177 e. The van der Waals surface area contributed by atoms with Crippen LogP contribution < -0.4 is 4.90 Å². The molecule has 2 atom stereocenters. The van der Waals surface area contributed by atoms with Crippen LogP contribution in [0.4, 0.5) is 5.82 Å². The SMILES string of the molecule is CC(C)[C@@H]1CN(c2ccc(S(C)(=O)=O)cn2)[C@H]1C(C)C. The molecular formula is C15H24N2O2S. The van der Waals surface area contributed by atoms with Crippen LogP contribution in [-0.2, 0) is 9.84 Å². The monoisotopic (exact) mass is 296 g/mol. The number of nitrogens with zero attached hydrogens (tertiary/aromatic N) is 2. The highest BCUT2D eigenvalue weighted by atomic mass is 32.2. The summed E-state index contributed by atoms with van der Waals surface area (Å²) in [5.74, 6) is 2.79. The first kappa shape index (κ1) is 15.3. The van der Waals surface area contributed by atoms with Gasteiger partial charge in [0.25, 0.3) is 0 Å². The third-order valence-electron chi connectivity index (χ3n) is 4.19. The second-order valence-corrected chi connectivity index (χ2v) is 8.43. The molecule has 2 heterocycles. The molecule has 0 unspecified atom stereocenters. The molecule has 0 saturated carbocycles. The van der Waals surface area contributed by atoms with E-state index in [0.29, 0.717) is 23.8 Å². The summed E-state index contributed by atoms with van der Waals surface area (Å²) >= 11 is 0. The summed E-state index contributed by atoms with van der Waals surface area (Å²) in [4.78, 5) is 6.91. The molecule has 0 amide bonds. The molecule has 0 N–H and O–H groups in total. The number of hydrogen-bond acceptors (Lipinski definition) is 4. The maximum absolute atomic E-state index is 11.5. The smallest absolute Gasteiger partial charge is 0.177 e. The third-order valence-corrected chi connectivity index (χ3v) is 5.29. The van der Waals surface area contributed by atoms with Gasteiger partial charge >= 0.3 is 0 Å². The Morgan fingerprint density at radius 3 is 2.25 bits per heavy atom. The van der Waals surface area contributed by atoms with Crippen LogP contribution in [0.2, 0.25) is 0 Å². The van der Waals surface area contributed by atoms with Gasteiger partial charge in [-0.3, -0.25) is 0 Å². The summed E-state index contributed by atoms with van der Waals surface area (Å²) in [7, 11) is -3.17. The van der Waals surface area contributed by atoms with Gasteiger partial charge in [-0.2, -0.15) is 0 Å². The molecule has 0 radical (unpaired) electrons. The Bertz CT molecular complexity index is 564. The highest BCUT2D eigenvalue weighted by Crippen LogP contribution is 2.38. The van der Waals surface area contributed by atoms with Gasteiger partial charge in [-0.1, -0.05) is 27.7 Å². The molecule has 20 heavy (non-hydrogen) atoms. The Morgan fingerprint density at radius 1 is 1.20 bits per heavy atom. The second kappa shape index (κ2) is 5.35. The molecule has 1 aliphatic heterocycles. The van der Waals surface area contributed by atoms with Crippen LogP contribution in [-0.4, -0.2) is 32.2 Å². The fourth-order valence-corrected chi connectivity index (χ4v) is 3.58. The lowest BCUT2D eigenvalue weighted by atomic mass is 9.75. The first-order valence-electron chi connectivity index (χ1n) is 7.14. The molecule has 5 heteroatoms. The molecule has 1 aromatic heterocycles. The van der Waals surface area contributed by atoms with Gasteiger partial charge in [0.2, 0.25) is 0 Å². The average molecular weight is 296 g/mol. The Hall–Kier alpha value is -1.10. The summed E-state index contributed by atoms with van der Waals surface area (Å²) in [5, 5.41) is 0. The summed E-state index contributed by atoms with van der Waals surface area (Å²) in [6, 6.07) is 3.96. The van der Waals surface area contributed by atoms with E-state index in [4.69, 9.17) is 0 Å². The average Bonchev–Trinajstić information content (AvgIpc) is 2.25. The van der Waals surface area contributed by atoms with Gasteiger partial charge < -0.3 is 4.90 Å². The van der Waals surface area contributed by atoms with Crippen LogP contribution in [0.25, 0.3) is 0 Å². The van der Waals surface area contributed by atoms with Gasteiger partial charge in [-0.25, -0.2) is 13.4 Å². The third kappa shape index (κ3) is 2.82. The predicted octanol–water partition coefficient (Wildman–Crippen LogP) is 2.60. The van der Waals surface area contributed by atoms with Gasteiger partial charge in [0.15, 0.2) is 9.84 Å². The van der Waals surface area contributed by atoms with Crippen molar-refractivity contribution in [3.05, 3.63) is 18.3 Å². The number of sulfone groups is 1. The van der Waals surface area contributed by atoms with Crippen LogP contribution in [0.3, 0.4) is 0 Å². The van der Waals surface area contributed by atoms with Gasteiger partial charge in [0.05, 0.1) is 4.90 Å². The van der Waals surface area contributed by atoms with E-state index >= 15 is 0 Å². The lowest BCUT2D eigenvalue weighted by Crippen LogP contribution is -2.61. The lowest BCUT2D eigenvalue weighted by molar-refractivity contribution is 0.176. The zero-order valence-corrected chi connectivity index (χ0v) is 13.7. The van der Waals surface area contributed by atoms with Crippen molar-refractivity contribution in [2.45, 2.75) is 38.6 Å². The normalized spacial score (nSPS) is 23.2. The van der Waals surface area contributed by atoms with E-state index in [9.17, 15) is 8.42 Å². The fourth-order valence-electron chi connectivity index (χ4n) is 3.02. The van der Waals surface area contributed by atoms with E-state index < -0.39 is 9.84 Å². The largest absolute Gasteiger partial charge is 0.353 e. The molecule has 0 aliphatic carbocycles. The van der Waals surface area contributed by atoms with Crippen LogP contribution >= 0.6 is 0 Å². The first-order chi connectivity index (χ1) is 9.21. The van der Waals surface area contributed by atoms with Crippen LogP contribution in [0.1, 0.15) is 27.7 Å². The van der Waals surface area contributed by atoms with E-state index in [1.807, 2.05) is 6.07 Å². The quantitative estimate of drug-likeness (QED) is 0.857. The second-order valence-electron chi connectivity index (χ2n) is 6.42. The summed E-state index contributed by atoms with van der Waals surface area (Å²) in [6.45, 7) is 10.00. The zero-order valence-electron chi connectivity index (χ0n) is 12.9. The Kier molecular flexibility index (Phi) is 4.09. The zero-order chi connectivity index (χ0) is 15.1. The maximum atomic E-state index is 11.5. The Balaban J connectivity index is 2.21. The molecule has 0 bridgehead atoms. The minimum atomic E-state index is -3.17.